The highest BCUT2D eigenvalue weighted by Gasteiger charge is 2.19. The number of hydrogen-bond acceptors (Lipinski definition) is 4. The van der Waals surface area contributed by atoms with Crippen LogP contribution in [0.1, 0.15) is 22.7 Å². The average Bonchev–Trinajstić information content (AvgIpc) is 2.60. The van der Waals surface area contributed by atoms with Gasteiger partial charge in [-0.05, 0) is 30.3 Å². The molecule has 0 radical (unpaired) electrons. The van der Waals surface area contributed by atoms with Crippen LogP contribution in [0.3, 0.4) is 0 Å². The van der Waals surface area contributed by atoms with E-state index < -0.39 is 6.04 Å². The first-order chi connectivity index (χ1) is 12.1. The van der Waals surface area contributed by atoms with Gasteiger partial charge in [-0.25, -0.2) is 0 Å². The number of hydrogen-bond donors (Lipinski definition) is 3. The number of para-hydroxylation sites is 2. The Bertz CT molecular complexity index is 879. The van der Waals surface area contributed by atoms with Gasteiger partial charge in [0.15, 0.2) is 0 Å². The van der Waals surface area contributed by atoms with Crippen molar-refractivity contribution in [1.82, 2.24) is 0 Å². The largest absolute Gasteiger partial charge is 0.508 e. The fourth-order valence-electron chi connectivity index (χ4n) is 2.55. The molecule has 0 fully saturated rings. The normalized spacial score (nSPS) is 11.3. The van der Waals surface area contributed by atoms with E-state index in [1.54, 1.807) is 60.7 Å². The number of rotatable bonds is 4. The first-order valence-corrected chi connectivity index (χ1v) is 8.01. The predicted molar refractivity (Wildman–Crippen MR) is 98.8 cm³/mol. The summed E-state index contributed by atoms with van der Waals surface area (Å²) < 4.78 is 0. The van der Waals surface area contributed by atoms with Gasteiger partial charge in [0.25, 0.3) is 0 Å². The van der Waals surface area contributed by atoms with Gasteiger partial charge < -0.3 is 15.3 Å². The minimum absolute atomic E-state index is 0.0430. The molecule has 3 aromatic rings. The third-order valence-corrected chi connectivity index (χ3v) is 4.05. The van der Waals surface area contributed by atoms with Crippen LogP contribution in [0.2, 0.25) is 5.02 Å². The molecule has 0 atom stereocenters. The average molecular weight is 354 g/mol. The molecule has 25 heavy (non-hydrogen) atoms. The molecule has 126 valence electrons. The van der Waals surface area contributed by atoms with Crippen molar-refractivity contribution in [1.29, 1.82) is 0 Å². The SMILES string of the molecule is Oc1ccc(Cl)cc1C=NC(c1ccccc1O)c1ccccc1O. The molecule has 5 heteroatoms. The lowest BCUT2D eigenvalue weighted by Gasteiger charge is -2.16. The van der Waals surface area contributed by atoms with Crippen LogP contribution in [0.25, 0.3) is 0 Å². The Kier molecular flexibility index (Phi) is 4.91. The molecule has 3 rings (SSSR count). The summed E-state index contributed by atoms with van der Waals surface area (Å²) in [6, 6.07) is 17.6. The fourth-order valence-corrected chi connectivity index (χ4v) is 2.73. The van der Waals surface area contributed by atoms with Gasteiger partial charge >= 0.3 is 0 Å². The zero-order chi connectivity index (χ0) is 17.8. The third kappa shape index (κ3) is 3.75. The van der Waals surface area contributed by atoms with Crippen LogP contribution >= 0.6 is 11.6 Å². The van der Waals surface area contributed by atoms with Crippen molar-refractivity contribution in [3.8, 4) is 17.2 Å². The Hall–Kier alpha value is -2.98. The Morgan fingerprint density at radius 2 is 1.32 bits per heavy atom. The molecule has 0 aliphatic rings. The Morgan fingerprint density at radius 1 is 0.760 bits per heavy atom. The van der Waals surface area contributed by atoms with Gasteiger partial charge in [0, 0.05) is 27.9 Å². The van der Waals surface area contributed by atoms with Crippen molar-refractivity contribution in [2.75, 3.05) is 0 Å². The molecule has 0 unspecified atom stereocenters. The lowest BCUT2D eigenvalue weighted by Crippen LogP contribution is -2.00. The number of phenolic OH excluding ortho intramolecular Hbond substituents is 3. The second-order valence-corrected chi connectivity index (χ2v) is 5.94. The van der Waals surface area contributed by atoms with Crippen LogP contribution in [0, 0.1) is 0 Å². The van der Waals surface area contributed by atoms with E-state index in [0.29, 0.717) is 21.7 Å². The zero-order valence-electron chi connectivity index (χ0n) is 13.2. The number of phenols is 3. The lowest BCUT2D eigenvalue weighted by molar-refractivity contribution is 0.455. The fraction of sp³-hybridized carbons (Fsp3) is 0.0500. The summed E-state index contributed by atoms with van der Waals surface area (Å²) in [5, 5.41) is 30.8. The monoisotopic (exact) mass is 353 g/mol. The summed E-state index contributed by atoms with van der Waals surface area (Å²) >= 11 is 5.96. The number of nitrogens with zero attached hydrogens (tertiary/aromatic N) is 1. The lowest BCUT2D eigenvalue weighted by atomic mass is 9.97. The van der Waals surface area contributed by atoms with Gasteiger partial charge in [0.05, 0.1) is 0 Å². The third-order valence-electron chi connectivity index (χ3n) is 3.81. The highest BCUT2D eigenvalue weighted by Crippen LogP contribution is 2.36. The van der Waals surface area contributed by atoms with E-state index in [4.69, 9.17) is 11.6 Å². The van der Waals surface area contributed by atoms with Crippen molar-refractivity contribution in [3.05, 3.63) is 88.4 Å². The Morgan fingerprint density at radius 3 is 1.88 bits per heavy atom. The van der Waals surface area contributed by atoms with E-state index in [2.05, 4.69) is 4.99 Å². The van der Waals surface area contributed by atoms with Crippen molar-refractivity contribution >= 4 is 17.8 Å². The maximum absolute atomic E-state index is 10.2. The van der Waals surface area contributed by atoms with Gasteiger partial charge in [-0.1, -0.05) is 48.0 Å². The molecular weight excluding hydrogens is 338 g/mol. The minimum Gasteiger partial charge on any atom is -0.508 e. The summed E-state index contributed by atoms with van der Waals surface area (Å²) in [5.41, 5.74) is 1.53. The van der Waals surface area contributed by atoms with Crippen LogP contribution in [0.4, 0.5) is 0 Å². The maximum atomic E-state index is 10.2. The molecule has 0 saturated carbocycles. The quantitative estimate of drug-likeness (QED) is 0.597. The Labute approximate surface area is 150 Å². The summed E-state index contributed by atoms with van der Waals surface area (Å²) in [6.45, 7) is 0. The molecule has 3 N–H and O–H groups in total. The van der Waals surface area contributed by atoms with Gasteiger partial charge in [-0.2, -0.15) is 0 Å². The highest BCUT2D eigenvalue weighted by atomic mass is 35.5. The molecule has 4 nitrogen and oxygen atoms in total. The number of halogens is 1. The molecule has 0 heterocycles. The van der Waals surface area contributed by atoms with Crippen LogP contribution in [0.15, 0.2) is 71.7 Å². The van der Waals surface area contributed by atoms with Gasteiger partial charge in [-0.15, -0.1) is 0 Å². The Balaban J connectivity index is 2.09. The second-order valence-electron chi connectivity index (χ2n) is 5.50. The van der Waals surface area contributed by atoms with Crippen LogP contribution in [-0.2, 0) is 0 Å². The summed E-state index contributed by atoms with van der Waals surface area (Å²) in [5.74, 6) is 0.188. The second kappa shape index (κ2) is 7.28. The summed E-state index contributed by atoms with van der Waals surface area (Å²) in [4.78, 5) is 4.49. The van der Waals surface area contributed by atoms with Crippen LogP contribution < -0.4 is 0 Å². The summed E-state index contributed by atoms with van der Waals surface area (Å²) in [6.07, 6.45) is 1.48. The standard InChI is InChI=1S/C20H16ClNO3/c21-14-9-10-17(23)13(11-14)12-22-20(15-5-1-3-7-18(15)24)16-6-2-4-8-19(16)25/h1-12,20,23-25H. The van der Waals surface area contributed by atoms with E-state index in [0.717, 1.165) is 0 Å². The molecule has 0 aromatic heterocycles. The number of aromatic hydroxyl groups is 3. The molecule has 0 aliphatic heterocycles. The molecule has 0 aliphatic carbocycles. The summed E-state index contributed by atoms with van der Waals surface area (Å²) in [7, 11) is 0. The number of benzene rings is 3. The van der Waals surface area contributed by atoms with Crippen molar-refractivity contribution < 1.29 is 15.3 Å². The van der Waals surface area contributed by atoms with Crippen LogP contribution in [-0.4, -0.2) is 21.5 Å². The topological polar surface area (TPSA) is 73.1 Å². The zero-order valence-corrected chi connectivity index (χ0v) is 13.9. The molecule has 0 bridgehead atoms. The maximum Gasteiger partial charge on any atom is 0.124 e. The van der Waals surface area contributed by atoms with E-state index in [-0.39, 0.29) is 17.2 Å². The predicted octanol–water partition coefficient (Wildman–Crippen LogP) is 4.67. The molecular formula is C20H16ClNO3. The smallest absolute Gasteiger partial charge is 0.124 e. The molecule has 0 amide bonds. The van der Waals surface area contributed by atoms with E-state index in [1.165, 1.54) is 12.3 Å². The molecule has 0 saturated heterocycles. The van der Waals surface area contributed by atoms with Crippen molar-refractivity contribution in [2.24, 2.45) is 4.99 Å². The highest BCUT2D eigenvalue weighted by molar-refractivity contribution is 6.30. The van der Waals surface area contributed by atoms with Crippen molar-refractivity contribution in [2.45, 2.75) is 6.04 Å². The van der Waals surface area contributed by atoms with Gasteiger partial charge in [0.1, 0.15) is 23.3 Å². The van der Waals surface area contributed by atoms with Crippen molar-refractivity contribution in [3.63, 3.8) is 0 Å². The number of aliphatic imine (C=N–C) groups is 1. The van der Waals surface area contributed by atoms with Crippen LogP contribution in [0.5, 0.6) is 17.2 Å². The first-order valence-electron chi connectivity index (χ1n) is 7.63. The first kappa shape index (κ1) is 16.9. The van der Waals surface area contributed by atoms with Gasteiger partial charge in [0.2, 0.25) is 0 Å². The van der Waals surface area contributed by atoms with E-state index in [1.807, 2.05) is 0 Å². The van der Waals surface area contributed by atoms with E-state index in [9.17, 15) is 15.3 Å². The minimum atomic E-state index is -0.638. The molecule has 3 aromatic carbocycles. The van der Waals surface area contributed by atoms with Gasteiger partial charge in [-0.3, -0.25) is 4.99 Å². The molecule has 0 spiro atoms. The van der Waals surface area contributed by atoms with E-state index >= 15 is 0 Å².